The number of nitrogens with one attached hydrogen (secondary N) is 2. The summed E-state index contributed by atoms with van der Waals surface area (Å²) in [7, 11) is 1.64. The molecule has 7 heteroatoms. The van der Waals surface area contributed by atoms with Crippen LogP contribution in [0.25, 0.3) is 0 Å². The molecule has 7 nitrogen and oxygen atoms in total. The molecule has 1 saturated carbocycles. The van der Waals surface area contributed by atoms with Crippen LogP contribution in [0.3, 0.4) is 0 Å². The van der Waals surface area contributed by atoms with Gasteiger partial charge in [-0.15, -0.1) is 0 Å². The molecular weight excluding hydrogens is 368 g/mol. The Labute approximate surface area is 171 Å². The fourth-order valence-electron chi connectivity index (χ4n) is 3.87. The summed E-state index contributed by atoms with van der Waals surface area (Å²) in [6.45, 7) is 4.09. The first-order chi connectivity index (χ1) is 13.9. The second kappa shape index (κ2) is 9.58. The van der Waals surface area contributed by atoms with E-state index in [2.05, 4.69) is 15.7 Å². The third-order valence-electron chi connectivity index (χ3n) is 5.33. The molecule has 0 saturated heterocycles. The van der Waals surface area contributed by atoms with Crippen LogP contribution in [0, 0.1) is 13.8 Å². The second-order valence-corrected chi connectivity index (χ2v) is 7.78. The molecule has 0 spiro atoms. The molecule has 1 aliphatic carbocycles. The van der Waals surface area contributed by atoms with E-state index in [1.807, 2.05) is 44.2 Å². The molecule has 2 N–H and O–H groups in total. The Kier molecular flexibility index (Phi) is 6.90. The molecule has 1 aliphatic rings. The highest BCUT2D eigenvalue weighted by atomic mass is 16.5. The van der Waals surface area contributed by atoms with E-state index < -0.39 is 0 Å². The van der Waals surface area contributed by atoms with E-state index in [1.54, 1.807) is 11.8 Å². The lowest BCUT2D eigenvalue weighted by molar-refractivity contribution is -0.122. The Bertz CT molecular complexity index is 861. The fourth-order valence-corrected chi connectivity index (χ4v) is 3.87. The van der Waals surface area contributed by atoms with Gasteiger partial charge in [-0.25, -0.2) is 0 Å². The first-order valence-electron chi connectivity index (χ1n) is 10.2. The molecular formula is C22H30N4O3. The number of benzene rings is 1. The SMILES string of the molecule is COc1cccc(CCC(=O)N[C@H]2CC[C@@H](NC(=O)Cn3nc(C)cc3C)C2)c1. The summed E-state index contributed by atoms with van der Waals surface area (Å²) < 4.78 is 6.94. The Hall–Kier alpha value is -2.83. The minimum Gasteiger partial charge on any atom is -0.497 e. The average Bonchev–Trinajstić information content (AvgIpc) is 3.25. The zero-order valence-corrected chi connectivity index (χ0v) is 17.4. The summed E-state index contributed by atoms with van der Waals surface area (Å²) in [5.41, 5.74) is 2.97. The Morgan fingerprint density at radius 1 is 1.14 bits per heavy atom. The van der Waals surface area contributed by atoms with Gasteiger partial charge in [0.2, 0.25) is 11.8 Å². The van der Waals surface area contributed by atoms with E-state index in [9.17, 15) is 9.59 Å². The van der Waals surface area contributed by atoms with Crippen molar-refractivity contribution in [2.45, 2.75) is 64.6 Å². The van der Waals surface area contributed by atoms with Crippen LogP contribution in [0.1, 0.15) is 42.6 Å². The lowest BCUT2D eigenvalue weighted by atomic mass is 10.1. The Morgan fingerprint density at radius 2 is 1.86 bits per heavy atom. The van der Waals surface area contributed by atoms with Gasteiger partial charge >= 0.3 is 0 Å². The van der Waals surface area contributed by atoms with Crippen molar-refractivity contribution in [1.82, 2.24) is 20.4 Å². The number of nitrogens with zero attached hydrogens (tertiary/aromatic N) is 2. The van der Waals surface area contributed by atoms with Crippen molar-refractivity contribution in [3.05, 3.63) is 47.3 Å². The van der Waals surface area contributed by atoms with Gasteiger partial charge in [-0.1, -0.05) is 12.1 Å². The molecule has 156 valence electrons. The second-order valence-electron chi connectivity index (χ2n) is 7.78. The van der Waals surface area contributed by atoms with Gasteiger partial charge in [-0.2, -0.15) is 5.10 Å². The molecule has 2 aromatic rings. The van der Waals surface area contributed by atoms with Crippen LogP contribution < -0.4 is 15.4 Å². The number of rotatable bonds is 8. The highest BCUT2D eigenvalue weighted by Gasteiger charge is 2.27. The third-order valence-corrected chi connectivity index (χ3v) is 5.33. The third kappa shape index (κ3) is 6.07. The van der Waals surface area contributed by atoms with E-state index in [-0.39, 0.29) is 30.4 Å². The topological polar surface area (TPSA) is 85.3 Å². The highest BCUT2D eigenvalue weighted by molar-refractivity contribution is 5.77. The lowest BCUT2D eigenvalue weighted by Gasteiger charge is -2.15. The summed E-state index contributed by atoms with van der Waals surface area (Å²) in [4.78, 5) is 24.6. The van der Waals surface area contributed by atoms with Crippen LogP contribution in [-0.4, -0.2) is 40.8 Å². The first-order valence-corrected chi connectivity index (χ1v) is 10.2. The maximum Gasteiger partial charge on any atom is 0.241 e. The number of hydrogen-bond donors (Lipinski definition) is 2. The summed E-state index contributed by atoms with van der Waals surface area (Å²) >= 11 is 0. The van der Waals surface area contributed by atoms with Gasteiger partial charge in [0.15, 0.2) is 0 Å². The summed E-state index contributed by atoms with van der Waals surface area (Å²) in [5, 5.41) is 10.5. The van der Waals surface area contributed by atoms with Crippen LogP contribution in [0.2, 0.25) is 0 Å². The number of carbonyl (C=O) groups excluding carboxylic acids is 2. The highest BCUT2D eigenvalue weighted by Crippen LogP contribution is 2.20. The van der Waals surface area contributed by atoms with Crippen LogP contribution in [0.15, 0.2) is 30.3 Å². The number of methoxy groups -OCH3 is 1. The number of amides is 2. The molecule has 1 fully saturated rings. The summed E-state index contributed by atoms with van der Waals surface area (Å²) in [6, 6.07) is 9.96. The molecule has 0 bridgehead atoms. The number of aryl methyl sites for hydroxylation is 3. The van der Waals surface area contributed by atoms with Crippen LogP contribution in [0.5, 0.6) is 5.75 Å². The standard InChI is InChI=1S/C22H30N4O3/c1-15-11-16(2)26(25-15)14-22(28)24-19-9-8-18(13-19)23-21(27)10-7-17-5-4-6-20(12-17)29-3/h4-6,11-12,18-19H,7-10,13-14H2,1-3H3,(H,23,27)(H,24,28)/t18-,19+/m0/s1. The summed E-state index contributed by atoms with van der Waals surface area (Å²) in [6.07, 6.45) is 3.66. The Morgan fingerprint density at radius 3 is 2.52 bits per heavy atom. The van der Waals surface area contributed by atoms with Gasteiger partial charge in [0, 0.05) is 24.2 Å². The van der Waals surface area contributed by atoms with Gasteiger partial charge in [0.05, 0.1) is 12.8 Å². The van der Waals surface area contributed by atoms with Crippen molar-refractivity contribution in [2.24, 2.45) is 0 Å². The number of hydrogen-bond acceptors (Lipinski definition) is 4. The van der Waals surface area contributed by atoms with Crippen molar-refractivity contribution in [3.8, 4) is 5.75 Å². The molecule has 2 atom stereocenters. The van der Waals surface area contributed by atoms with Crippen molar-refractivity contribution in [3.63, 3.8) is 0 Å². The molecule has 0 radical (unpaired) electrons. The van der Waals surface area contributed by atoms with Crippen molar-refractivity contribution >= 4 is 11.8 Å². The molecule has 2 amide bonds. The zero-order valence-electron chi connectivity index (χ0n) is 17.4. The largest absolute Gasteiger partial charge is 0.497 e. The van der Waals surface area contributed by atoms with Crippen LogP contribution in [0.4, 0.5) is 0 Å². The van der Waals surface area contributed by atoms with Crippen LogP contribution >= 0.6 is 0 Å². The maximum atomic E-state index is 12.3. The fraction of sp³-hybridized carbons (Fsp3) is 0.500. The van der Waals surface area contributed by atoms with Crippen molar-refractivity contribution in [1.29, 1.82) is 0 Å². The zero-order chi connectivity index (χ0) is 20.8. The molecule has 1 aromatic heterocycles. The van der Waals surface area contributed by atoms with Gasteiger partial charge in [0.25, 0.3) is 0 Å². The van der Waals surface area contributed by atoms with Gasteiger partial charge in [-0.05, 0) is 63.3 Å². The predicted octanol–water partition coefficient (Wildman–Crippen LogP) is 2.29. The number of carbonyl (C=O) groups is 2. The number of aromatic nitrogens is 2. The molecule has 0 unspecified atom stereocenters. The average molecular weight is 399 g/mol. The van der Waals surface area contributed by atoms with E-state index >= 15 is 0 Å². The quantitative estimate of drug-likeness (QED) is 0.715. The predicted molar refractivity (Wildman–Crippen MR) is 111 cm³/mol. The number of ether oxygens (including phenoxy) is 1. The van der Waals surface area contributed by atoms with E-state index in [0.29, 0.717) is 12.8 Å². The monoisotopic (exact) mass is 398 g/mol. The lowest BCUT2D eigenvalue weighted by Crippen LogP contribution is -2.38. The maximum absolute atomic E-state index is 12.3. The minimum atomic E-state index is -0.0359. The molecule has 29 heavy (non-hydrogen) atoms. The van der Waals surface area contributed by atoms with Crippen molar-refractivity contribution < 1.29 is 14.3 Å². The normalized spacial score (nSPS) is 18.4. The Balaban J connectivity index is 1.39. The van der Waals surface area contributed by atoms with Gasteiger partial charge in [-0.3, -0.25) is 14.3 Å². The molecule has 3 rings (SSSR count). The molecule has 1 heterocycles. The van der Waals surface area contributed by atoms with Crippen molar-refractivity contribution in [2.75, 3.05) is 7.11 Å². The molecule has 1 aromatic carbocycles. The van der Waals surface area contributed by atoms with E-state index in [0.717, 1.165) is 42.0 Å². The minimum absolute atomic E-state index is 0.0359. The molecule has 0 aliphatic heterocycles. The van der Waals surface area contributed by atoms with Gasteiger partial charge < -0.3 is 15.4 Å². The van der Waals surface area contributed by atoms with E-state index in [1.165, 1.54) is 0 Å². The first kappa shape index (κ1) is 20.9. The van der Waals surface area contributed by atoms with Crippen LogP contribution in [-0.2, 0) is 22.6 Å². The van der Waals surface area contributed by atoms with Gasteiger partial charge in [0.1, 0.15) is 12.3 Å². The smallest absolute Gasteiger partial charge is 0.241 e. The van der Waals surface area contributed by atoms with E-state index in [4.69, 9.17) is 4.74 Å². The summed E-state index contributed by atoms with van der Waals surface area (Å²) in [5.74, 6) is 0.816.